The molecule has 2 heterocycles. The van der Waals surface area contributed by atoms with E-state index in [4.69, 9.17) is 9.47 Å². The van der Waals surface area contributed by atoms with Gasteiger partial charge in [0.2, 0.25) is 5.91 Å². The third-order valence-corrected chi connectivity index (χ3v) is 9.47. The van der Waals surface area contributed by atoms with Crippen molar-refractivity contribution in [2.45, 2.75) is 38.0 Å². The van der Waals surface area contributed by atoms with Crippen LogP contribution in [0.3, 0.4) is 0 Å². The van der Waals surface area contributed by atoms with Gasteiger partial charge in [0.25, 0.3) is 0 Å². The number of amidine groups is 1. The Bertz CT molecular complexity index is 1190. The molecule has 0 unspecified atom stereocenters. The average molecular weight is 568 g/mol. The number of benzene rings is 2. The molecular formula is C24H27BrN2O5S2. The smallest absolute Gasteiger partial charge is 0.248 e. The topological polar surface area (TPSA) is 85.3 Å². The monoisotopic (exact) mass is 566 g/mol. The Hall–Kier alpha value is -2.04. The second-order valence-electron chi connectivity index (χ2n) is 8.06. The normalized spacial score (nSPS) is 22.1. The van der Waals surface area contributed by atoms with Crippen molar-refractivity contribution < 1.29 is 22.7 Å². The minimum atomic E-state index is -3.17. The number of rotatable bonds is 8. The summed E-state index contributed by atoms with van der Waals surface area (Å²) in [5.41, 5.74) is 1.78. The number of ether oxygens (including phenoxy) is 2. The Labute approximate surface area is 213 Å². The van der Waals surface area contributed by atoms with Crippen molar-refractivity contribution in [3.8, 4) is 11.5 Å². The van der Waals surface area contributed by atoms with Crippen LogP contribution in [0.4, 0.5) is 5.69 Å². The zero-order valence-corrected chi connectivity index (χ0v) is 22.3. The van der Waals surface area contributed by atoms with Crippen LogP contribution >= 0.6 is 27.7 Å². The highest BCUT2D eigenvalue weighted by molar-refractivity contribution is 9.10. The van der Waals surface area contributed by atoms with Gasteiger partial charge in [-0.05, 0) is 41.8 Å². The van der Waals surface area contributed by atoms with E-state index in [-0.39, 0.29) is 35.1 Å². The van der Waals surface area contributed by atoms with Gasteiger partial charge in [0, 0.05) is 28.3 Å². The zero-order valence-electron chi connectivity index (χ0n) is 19.1. The fourth-order valence-electron chi connectivity index (χ4n) is 4.15. The van der Waals surface area contributed by atoms with Crippen molar-refractivity contribution in [3.05, 3.63) is 52.5 Å². The van der Waals surface area contributed by atoms with Crippen LogP contribution in [0.2, 0.25) is 0 Å². The summed E-state index contributed by atoms with van der Waals surface area (Å²) in [5, 5.41) is 0.343. The van der Waals surface area contributed by atoms with E-state index < -0.39 is 9.84 Å². The largest absolute Gasteiger partial charge is 0.490 e. The number of hydrogen-bond acceptors (Lipinski definition) is 6. The van der Waals surface area contributed by atoms with E-state index >= 15 is 0 Å². The van der Waals surface area contributed by atoms with Gasteiger partial charge in [-0.1, -0.05) is 42.1 Å². The molecule has 2 saturated heterocycles. The molecule has 2 fully saturated rings. The number of sulfone groups is 1. The highest BCUT2D eigenvalue weighted by Crippen LogP contribution is 2.46. The number of thioether (sulfide) groups is 1. The van der Waals surface area contributed by atoms with Crippen molar-refractivity contribution in [2.24, 2.45) is 4.99 Å². The number of carbonyl (C=O) groups excluding carboxylic acids is 1. The maximum atomic E-state index is 12.8. The molecule has 4 rings (SSSR count). The molecule has 2 aromatic rings. The summed E-state index contributed by atoms with van der Waals surface area (Å²) in [6, 6.07) is 13.1. The molecule has 7 nitrogen and oxygen atoms in total. The number of hydrogen-bond donors (Lipinski definition) is 0. The van der Waals surface area contributed by atoms with Gasteiger partial charge in [0.05, 0.1) is 36.4 Å². The van der Waals surface area contributed by atoms with Gasteiger partial charge in [0.15, 0.2) is 26.5 Å². The Kier molecular flexibility index (Phi) is 7.89. The van der Waals surface area contributed by atoms with Crippen LogP contribution in [0.1, 0.15) is 25.8 Å². The third kappa shape index (κ3) is 5.60. The highest BCUT2D eigenvalue weighted by Gasteiger charge is 2.50. The molecule has 0 radical (unpaired) electrons. The first kappa shape index (κ1) is 25.1. The lowest BCUT2D eigenvalue weighted by Crippen LogP contribution is -2.38. The second kappa shape index (κ2) is 10.7. The van der Waals surface area contributed by atoms with E-state index in [1.54, 1.807) is 0 Å². The third-order valence-electron chi connectivity index (χ3n) is 5.63. The lowest BCUT2D eigenvalue weighted by Gasteiger charge is -2.27. The number of anilines is 1. The van der Waals surface area contributed by atoms with Gasteiger partial charge in [-0.3, -0.25) is 4.79 Å². The van der Waals surface area contributed by atoms with Crippen molar-refractivity contribution in [2.75, 3.05) is 29.6 Å². The molecule has 0 spiro atoms. The molecule has 2 aliphatic heterocycles. The molecule has 0 aromatic heterocycles. The minimum Gasteiger partial charge on any atom is -0.490 e. The van der Waals surface area contributed by atoms with Crippen LogP contribution in [0.15, 0.2) is 51.9 Å². The SMILES string of the molecule is CCOc1cc(Br)c(N2C(=NC(=O)CCc3ccccc3)S[C@H]3CS(=O)(=O)C[C@H]32)cc1OCC. The van der Waals surface area contributed by atoms with Gasteiger partial charge in [-0.2, -0.15) is 4.99 Å². The van der Waals surface area contributed by atoms with E-state index in [0.29, 0.717) is 42.0 Å². The fourth-order valence-corrected chi connectivity index (χ4v) is 8.59. The van der Waals surface area contributed by atoms with Crippen LogP contribution < -0.4 is 14.4 Å². The highest BCUT2D eigenvalue weighted by atomic mass is 79.9. The summed E-state index contributed by atoms with van der Waals surface area (Å²) in [6.07, 6.45) is 0.883. The molecule has 2 atom stereocenters. The molecule has 0 bridgehead atoms. The van der Waals surface area contributed by atoms with Crippen molar-refractivity contribution >= 4 is 54.3 Å². The first-order valence-electron chi connectivity index (χ1n) is 11.2. The number of nitrogens with zero attached hydrogens (tertiary/aromatic N) is 2. The van der Waals surface area contributed by atoms with Gasteiger partial charge < -0.3 is 14.4 Å². The molecule has 2 aliphatic rings. The second-order valence-corrected chi connectivity index (χ2v) is 12.3. The quantitative estimate of drug-likeness (QED) is 0.465. The Morgan fingerprint density at radius 1 is 1.12 bits per heavy atom. The van der Waals surface area contributed by atoms with E-state index in [1.807, 2.05) is 61.2 Å². The van der Waals surface area contributed by atoms with Gasteiger partial charge in [0.1, 0.15) is 0 Å². The minimum absolute atomic E-state index is 0.0194. The van der Waals surface area contributed by atoms with Crippen LogP contribution in [0.25, 0.3) is 0 Å². The van der Waals surface area contributed by atoms with E-state index in [0.717, 1.165) is 10.0 Å². The summed E-state index contributed by atoms with van der Waals surface area (Å²) >= 11 is 4.98. The maximum absolute atomic E-state index is 12.8. The molecule has 0 N–H and O–H groups in total. The summed E-state index contributed by atoms with van der Waals surface area (Å²) in [7, 11) is -3.17. The van der Waals surface area contributed by atoms with Crippen LogP contribution in [-0.4, -0.2) is 55.5 Å². The van der Waals surface area contributed by atoms with Crippen molar-refractivity contribution in [1.82, 2.24) is 0 Å². The van der Waals surface area contributed by atoms with Crippen molar-refractivity contribution in [3.63, 3.8) is 0 Å². The lowest BCUT2D eigenvalue weighted by molar-refractivity contribution is -0.117. The molecule has 0 saturated carbocycles. The predicted molar refractivity (Wildman–Crippen MR) is 140 cm³/mol. The fraction of sp³-hybridized carbons (Fsp3) is 0.417. The predicted octanol–water partition coefficient (Wildman–Crippen LogP) is 4.48. The van der Waals surface area contributed by atoms with Gasteiger partial charge >= 0.3 is 0 Å². The van der Waals surface area contributed by atoms with E-state index in [2.05, 4.69) is 20.9 Å². The first-order valence-corrected chi connectivity index (χ1v) is 14.7. The maximum Gasteiger partial charge on any atom is 0.248 e. The van der Waals surface area contributed by atoms with E-state index in [1.165, 1.54) is 11.8 Å². The first-order chi connectivity index (χ1) is 16.3. The number of aryl methyl sites for hydroxylation is 1. The number of amides is 1. The zero-order chi connectivity index (χ0) is 24.3. The summed E-state index contributed by atoms with van der Waals surface area (Å²) in [5.74, 6) is 1.02. The van der Waals surface area contributed by atoms with Crippen LogP contribution in [-0.2, 0) is 21.1 Å². The Balaban J connectivity index is 1.67. The van der Waals surface area contributed by atoms with Gasteiger partial charge in [-0.25, -0.2) is 8.42 Å². The average Bonchev–Trinajstić information content (AvgIpc) is 3.26. The summed E-state index contributed by atoms with van der Waals surface area (Å²) < 4.78 is 37.0. The molecule has 182 valence electrons. The molecule has 34 heavy (non-hydrogen) atoms. The number of aliphatic imine (C=N–C) groups is 1. The molecule has 0 aliphatic carbocycles. The summed E-state index contributed by atoms with van der Waals surface area (Å²) in [4.78, 5) is 19.1. The molecule has 10 heteroatoms. The molecule has 1 amide bonds. The number of carbonyl (C=O) groups is 1. The molecular weight excluding hydrogens is 540 g/mol. The Morgan fingerprint density at radius 2 is 1.79 bits per heavy atom. The van der Waals surface area contributed by atoms with Crippen LogP contribution in [0.5, 0.6) is 11.5 Å². The summed E-state index contributed by atoms with van der Waals surface area (Å²) in [6.45, 7) is 4.72. The Morgan fingerprint density at radius 3 is 2.47 bits per heavy atom. The standard InChI is InChI=1S/C24H27BrN2O5S2/c1-3-31-20-12-17(25)18(13-21(20)32-4-2)27-19-14-34(29,30)15-22(19)33-24(27)26-23(28)11-10-16-8-6-5-7-9-16/h5-9,12-13,19,22H,3-4,10-11,14-15H2,1-2H3/t19-,22+/m1/s1. The molecule has 2 aromatic carbocycles. The van der Waals surface area contributed by atoms with Crippen LogP contribution in [0, 0.1) is 0 Å². The number of halogens is 1. The van der Waals surface area contributed by atoms with Gasteiger partial charge in [-0.15, -0.1) is 0 Å². The lowest BCUT2D eigenvalue weighted by atomic mass is 10.1. The van der Waals surface area contributed by atoms with Crippen molar-refractivity contribution in [1.29, 1.82) is 0 Å². The number of fused-ring (bicyclic) bond motifs is 1. The van der Waals surface area contributed by atoms with E-state index in [9.17, 15) is 13.2 Å².